The molecule has 1 rings (SSSR count). The van der Waals surface area contributed by atoms with Crippen LogP contribution in [-0.4, -0.2) is 23.9 Å². The van der Waals surface area contributed by atoms with Gasteiger partial charge in [-0.1, -0.05) is 12.2 Å². The predicted molar refractivity (Wildman–Crippen MR) is 40.6 cm³/mol. The molecule has 1 aliphatic rings. The molecular formula is C8H13NO. The molecule has 0 aromatic heterocycles. The van der Waals surface area contributed by atoms with Gasteiger partial charge in [0.2, 0.25) is 5.91 Å². The highest BCUT2D eigenvalue weighted by molar-refractivity contribution is 5.73. The Morgan fingerprint density at radius 3 is 2.40 bits per heavy atom. The Balaban J connectivity index is 2.40. The lowest BCUT2D eigenvalue weighted by atomic mass is 10.1. The Morgan fingerprint density at radius 1 is 1.50 bits per heavy atom. The van der Waals surface area contributed by atoms with Crippen molar-refractivity contribution in [3.63, 3.8) is 0 Å². The van der Waals surface area contributed by atoms with Crippen molar-refractivity contribution in [2.75, 3.05) is 13.1 Å². The number of carbonyl (C=O) groups is 1. The smallest absolute Gasteiger partial charge is 0.219 e. The number of hydrogen-bond donors (Lipinski definition) is 0. The second-order valence-electron chi connectivity index (χ2n) is 2.76. The lowest BCUT2D eigenvalue weighted by Gasteiger charge is -2.26. The summed E-state index contributed by atoms with van der Waals surface area (Å²) in [6, 6.07) is 0. The molecule has 10 heavy (non-hydrogen) atoms. The third-order valence-corrected chi connectivity index (χ3v) is 1.92. The Morgan fingerprint density at radius 2 is 2.00 bits per heavy atom. The SMILES string of the molecule is C=C1CCN(C(C)=O)CC1. The molecule has 0 atom stereocenters. The van der Waals surface area contributed by atoms with Crippen LogP contribution in [0.5, 0.6) is 0 Å². The predicted octanol–water partition coefficient (Wildman–Crippen LogP) is 1.18. The van der Waals surface area contributed by atoms with Crippen molar-refractivity contribution in [1.29, 1.82) is 0 Å². The van der Waals surface area contributed by atoms with E-state index in [9.17, 15) is 4.79 Å². The van der Waals surface area contributed by atoms with E-state index in [1.165, 1.54) is 5.57 Å². The van der Waals surface area contributed by atoms with Gasteiger partial charge in [0.15, 0.2) is 0 Å². The third-order valence-electron chi connectivity index (χ3n) is 1.92. The number of rotatable bonds is 0. The van der Waals surface area contributed by atoms with Crippen LogP contribution < -0.4 is 0 Å². The summed E-state index contributed by atoms with van der Waals surface area (Å²) < 4.78 is 0. The van der Waals surface area contributed by atoms with Gasteiger partial charge in [-0.25, -0.2) is 0 Å². The number of piperidine rings is 1. The molecule has 0 N–H and O–H groups in total. The van der Waals surface area contributed by atoms with Gasteiger partial charge in [-0.3, -0.25) is 4.79 Å². The maximum Gasteiger partial charge on any atom is 0.219 e. The van der Waals surface area contributed by atoms with Crippen LogP contribution in [0, 0.1) is 0 Å². The van der Waals surface area contributed by atoms with E-state index in [-0.39, 0.29) is 5.91 Å². The maximum atomic E-state index is 10.8. The largest absolute Gasteiger partial charge is 0.342 e. The molecule has 56 valence electrons. The number of likely N-dealkylation sites (tertiary alicyclic amines) is 1. The molecule has 1 saturated heterocycles. The van der Waals surface area contributed by atoms with Crippen molar-refractivity contribution in [3.05, 3.63) is 12.2 Å². The normalized spacial score (nSPS) is 19.3. The fourth-order valence-corrected chi connectivity index (χ4v) is 1.14. The molecule has 1 fully saturated rings. The monoisotopic (exact) mass is 139 g/mol. The van der Waals surface area contributed by atoms with Crippen LogP contribution in [0.1, 0.15) is 19.8 Å². The number of amides is 1. The van der Waals surface area contributed by atoms with Crippen molar-refractivity contribution < 1.29 is 4.79 Å². The van der Waals surface area contributed by atoms with Crippen LogP contribution in [0.25, 0.3) is 0 Å². The average Bonchev–Trinajstić information content (AvgIpc) is 1.88. The summed E-state index contributed by atoms with van der Waals surface area (Å²) >= 11 is 0. The molecule has 0 aliphatic carbocycles. The number of hydrogen-bond acceptors (Lipinski definition) is 1. The zero-order valence-corrected chi connectivity index (χ0v) is 6.39. The quantitative estimate of drug-likeness (QED) is 0.461. The van der Waals surface area contributed by atoms with E-state index in [1.54, 1.807) is 6.92 Å². The van der Waals surface area contributed by atoms with Crippen LogP contribution in [0.3, 0.4) is 0 Å². The molecule has 0 aromatic carbocycles. The minimum absolute atomic E-state index is 0.188. The van der Waals surface area contributed by atoms with Crippen LogP contribution in [0.15, 0.2) is 12.2 Å². The lowest BCUT2D eigenvalue weighted by molar-refractivity contribution is -0.129. The van der Waals surface area contributed by atoms with Crippen LogP contribution in [0.4, 0.5) is 0 Å². The molecule has 2 nitrogen and oxygen atoms in total. The van der Waals surface area contributed by atoms with Gasteiger partial charge >= 0.3 is 0 Å². The zero-order chi connectivity index (χ0) is 7.56. The average molecular weight is 139 g/mol. The first-order valence-corrected chi connectivity index (χ1v) is 3.62. The van der Waals surface area contributed by atoms with Gasteiger partial charge in [-0.2, -0.15) is 0 Å². The first-order chi connectivity index (χ1) is 4.70. The maximum absolute atomic E-state index is 10.8. The standard InChI is InChI=1S/C8H13NO/c1-7-3-5-9(6-4-7)8(2)10/h1,3-6H2,2H3. The second-order valence-corrected chi connectivity index (χ2v) is 2.76. The van der Waals surface area contributed by atoms with Crippen LogP contribution in [-0.2, 0) is 4.79 Å². The molecule has 1 heterocycles. The van der Waals surface area contributed by atoms with Gasteiger partial charge < -0.3 is 4.90 Å². The van der Waals surface area contributed by atoms with Crippen LogP contribution >= 0.6 is 0 Å². The summed E-state index contributed by atoms with van der Waals surface area (Å²) in [6.07, 6.45) is 1.97. The highest BCUT2D eigenvalue weighted by Gasteiger charge is 2.13. The van der Waals surface area contributed by atoms with Crippen LogP contribution in [0.2, 0.25) is 0 Å². The molecule has 0 spiro atoms. The van der Waals surface area contributed by atoms with E-state index in [4.69, 9.17) is 0 Å². The first-order valence-electron chi connectivity index (χ1n) is 3.62. The van der Waals surface area contributed by atoms with Gasteiger partial charge in [-0.15, -0.1) is 0 Å². The van der Waals surface area contributed by atoms with Gasteiger partial charge in [0.25, 0.3) is 0 Å². The molecule has 0 unspecified atom stereocenters. The fraction of sp³-hybridized carbons (Fsp3) is 0.625. The molecule has 2 heteroatoms. The van der Waals surface area contributed by atoms with E-state index in [0.717, 1.165) is 25.9 Å². The van der Waals surface area contributed by atoms with E-state index in [0.29, 0.717) is 0 Å². The molecule has 1 amide bonds. The fourth-order valence-electron chi connectivity index (χ4n) is 1.14. The minimum atomic E-state index is 0.188. The first kappa shape index (κ1) is 7.32. The summed E-state index contributed by atoms with van der Waals surface area (Å²) in [7, 11) is 0. The van der Waals surface area contributed by atoms with Crippen molar-refractivity contribution >= 4 is 5.91 Å². The summed E-state index contributed by atoms with van der Waals surface area (Å²) in [5, 5.41) is 0. The Hall–Kier alpha value is -0.790. The molecular weight excluding hydrogens is 126 g/mol. The highest BCUT2D eigenvalue weighted by atomic mass is 16.2. The van der Waals surface area contributed by atoms with Gasteiger partial charge in [-0.05, 0) is 12.8 Å². The van der Waals surface area contributed by atoms with Crippen molar-refractivity contribution in [2.24, 2.45) is 0 Å². The molecule has 1 aliphatic heterocycles. The van der Waals surface area contributed by atoms with E-state index in [2.05, 4.69) is 6.58 Å². The lowest BCUT2D eigenvalue weighted by Crippen LogP contribution is -2.34. The van der Waals surface area contributed by atoms with Crippen molar-refractivity contribution in [1.82, 2.24) is 4.90 Å². The summed E-state index contributed by atoms with van der Waals surface area (Å²) in [5.74, 6) is 0.188. The Labute approximate surface area is 61.5 Å². The number of nitrogens with zero attached hydrogens (tertiary/aromatic N) is 1. The molecule has 0 saturated carbocycles. The molecule has 0 bridgehead atoms. The highest BCUT2D eigenvalue weighted by Crippen LogP contribution is 2.13. The Kier molecular flexibility index (Phi) is 2.10. The molecule has 0 radical (unpaired) electrons. The van der Waals surface area contributed by atoms with Gasteiger partial charge in [0.05, 0.1) is 0 Å². The summed E-state index contributed by atoms with van der Waals surface area (Å²) in [6.45, 7) is 7.23. The topological polar surface area (TPSA) is 20.3 Å². The van der Waals surface area contributed by atoms with E-state index < -0.39 is 0 Å². The van der Waals surface area contributed by atoms with Gasteiger partial charge in [0.1, 0.15) is 0 Å². The second kappa shape index (κ2) is 2.86. The van der Waals surface area contributed by atoms with E-state index in [1.807, 2.05) is 4.90 Å². The Bertz CT molecular complexity index is 153. The van der Waals surface area contributed by atoms with Crippen molar-refractivity contribution in [3.8, 4) is 0 Å². The van der Waals surface area contributed by atoms with E-state index >= 15 is 0 Å². The number of carbonyl (C=O) groups excluding carboxylic acids is 1. The zero-order valence-electron chi connectivity index (χ0n) is 6.39. The summed E-state index contributed by atoms with van der Waals surface area (Å²) in [5.41, 5.74) is 1.28. The summed E-state index contributed by atoms with van der Waals surface area (Å²) in [4.78, 5) is 12.7. The minimum Gasteiger partial charge on any atom is -0.342 e. The van der Waals surface area contributed by atoms with Crippen molar-refractivity contribution in [2.45, 2.75) is 19.8 Å². The molecule has 0 aromatic rings. The third kappa shape index (κ3) is 1.59. The van der Waals surface area contributed by atoms with Gasteiger partial charge in [0, 0.05) is 20.0 Å².